The van der Waals surface area contributed by atoms with E-state index in [2.05, 4.69) is 15.8 Å². The summed E-state index contributed by atoms with van der Waals surface area (Å²) in [6.07, 6.45) is 1.85. The quantitative estimate of drug-likeness (QED) is 0.410. The van der Waals surface area contributed by atoms with Crippen molar-refractivity contribution in [2.24, 2.45) is 5.16 Å². The van der Waals surface area contributed by atoms with Gasteiger partial charge in [0, 0.05) is 23.2 Å². The lowest BCUT2D eigenvalue weighted by atomic mass is 9.91. The van der Waals surface area contributed by atoms with Gasteiger partial charge >= 0.3 is 0 Å². The number of hydrogen-bond donors (Lipinski definition) is 3. The number of anilines is 1. The Kier molecular flexibility index (Phi) is 6.12. The highest BCUT2D eigenvalue weighted by molar-refractivity contribution is 6.26. The van der Waals surface area contributed by atoms with E-state index in [1.165, 1.54) is 6.08 Å². The lowest BCUT2D eigenvalue weighted by molar-refractivity contribution is -0.117. The van der Waals surface area contributed by atoms with Crippen LogP contribution in [0.3, 0.4) is 0 Å². The maximum Gasteiger partial charge on any atom is 0.247 e. The molecule has 0 fully saturated rings. The first kappa shape index (κ1) is 21.1. The molecule has 3 aromatic carbocycles. The van der Waals surface area contributed by atoms with E-state index in [0.29, 0.717) is 23.2 Å². The van der Waals surface area contributed by atoms with Crippen molar-refractivity contribution in [3.8, 4) is 0 Å². The van der Waals surface area contributed by atoms with Crippen LogP contribution >= 0.6 is 0 Å². The van der Waals surface area contributed by atoms with Crippen molar-refractivity contribution in [3.63, 3.8) is 0 Å². The lowest BCUT2D eigenvalue weighted by Gasteiger charge is -2.24. The monoisotopic (exact) mass is 425 g/mol. The van der Waals surface area contributed by atoms with E-state index in [1.807, 2.05) is 61.5 Å². The van der Waals surface area contributed by atoms with Crippen molar-refractivity contribution in [3.05, 3.63) is 113 Å². The normalized spacial score (nSPS) is 15.0. The van der Waals surface area contributed by atoms with Crippen LogP contribution in [0.4, 0.5) is 5.69 Å². The minimum absolute atomic E-state index is 0.205. The van der Waals surface area contributed by atoms with E-state index in [0.717, 1.165) is 11.1 Å². The molecule has 0 saturated carbocycles. The Morgan fingerprint density at radius 3 is 2.28 bits per heavy atom. The molecule has 0 unspecified atom stereocenters. The molecule has 4 rings (SSSR count). The highest BCUT2D eigenvalue weighted by Crippen LogP contribution is 2.21. The Morgan fingerprint density at radius 1 is 0.938 bits per heavy atom. The van der Waals surface area contributed by atoms with E-state index in [1.54, 1.807) is 24.3 Å². The van der Waals surface area contributed by atoms with Crippen molar-refractivity contribution in [1.82, 2.24) is 5.32 Å². The van der Waals surface area contributed by atoms with E-state index >= 15 is 0 Å². The maximum atomic E-state index is 13.2. The average molecular weight is 425 g/mol. The molecule has 0 saturated heterocycles. The van der Waals surface area contributed by atoms with Crippen LogP contribution in [0.25, 0.3) is 0 Å². The summed E-state index contributed by atoms with van der Waals surface area (Å²) < 4.78 is 0. The number of rotatable bonds is 6. The van der Waals surface area contributed by atoms with Crippen molar-refractivity contribution < 1.29 is 14.8 Å². The SMILES string of the molecule is Cc1ccc(NC(=O)[C@@H](Cc2ccccc2)NC2=C/C(=N/O)c3ccccc3C2=O)cc1. The third-order valence-corrected chi connectivity index (χ3v) is 5.33. The highest BCUT2D eigenvalue weighted by Gasteiger charge is 2.28. The molecule has 1 amide bonds. The minimum Gasteiger partial charge on any atom is -0.410 e. The number of benzene rings is 3. The first-order valence-corrected chi connectivity index (χ1v) is 10.3. The second-order valence-corrected chi connectivity index (χ2v) is 7.66. The number of aryl methyl sites for hydroxylation is 1. The van der Waals surface area contributed by atoms with Crippen LogP contribution < -0.4 is 10.6 Å². The Balaban J connectivity index is 1.62. The number of nitrogens with one attached hydrogen (secondary N) is 2. The fourth-order valence-electron chi connectivity index (χ4n) is 3.63. The van der Waals surface area contributed by atoms with Crippen molar-refractivity contribution in [2.75, 3.05) is 5.32 Å². The Hall–Kier alpha value is -4.19. The van der Waals surface area contributed by atoms with Crippen LogP contribution in [0, 0.1) is 6.92 Å². The fraction of sp³-hybridized carbons (Fsp3) is 0.115. The zero-order chi connectivity index (χ0) is 22.5. The number of Topliss-reactive ketones (excluding diaryl/α,β-unsaturated/α-hetero) is 1. The zero-order valence-electron chi connectivity index (χ0n) is 17.6. The summed E-state index contributed by atoms with van der Waals surface area (Å²) in [4.78, 5) is 26.3. The highest BCUT2D eigenvalue weighted by atomic mass is 16.4. The Bertz CT molecular complexity index is 1200. The predicted octanol–water partition coefficient (Wildman–Crippen LogP) is 4.09. The molecule has 32 heavy (non-hydrogen) atoms. The molecular weight excluding hydrogens is 402 g/mol. The number of carbonyl (C=O) groups is 2. The summed E-state index contributed by atoms with van der Waals surface area (Å²) in [7, 11) is 0. The third kappa shape index (κ3) is 4.59. The summed E-state index contributed by atoms with van der Waals surface area (Å²) in [6.45, 7) is 1.98. The Morgan fingerprint density at radius 2 is 1.59 bits per heavy atom. The first-order chi connectivity index (χ1) is 15.5. The van der Waals surface area contributed by atoms with Gasteiger partial charge in [-0.05, 0) is 30.7 Å². The van der Waals surface area contributed by atoms with Gasteiger partial charge in [0.15, 0.2) is 0 Å². The largest absolute Gasteiger partial charge is 0.410 e. The van der Waals surface area contributed by atoms with Gasteiger partial charge in [0.2, 0.25) is 11.7 Å². The van der Waals surface area contributed by atoms with Crippen LogP contribution in [0.1, 0.15) is 27.0 Å². The number of ketones is 1. The van der Waals surface area contributed by atoms with Gasteiger partial charge < -0.3 is 15.8 Å². The number of fused-ring (bicyclic) bond motifs is 1. The zero-order valence-corrected chi connectivity index (χ0v) is 17.6. The van der Waals surface area contributed by atoms with Gasteiger partial charge in [0.05, 0.1) is 5.70 Å². The van der Waals surface area contributed by atoms with Gasteiger partial charge in [-0.1, -0.05) is 77.4 Å². The summed E-state index contributed by atoms with van der Waals surface area (Å²) in [5, 5.41) is 18.8. The van der Waals surface area contributed by atoms with Crippen LogP contribution in [0.2, 0.25) is 0 Å². The number of nitrogens with zero attached hydrogens (tertiary/aromatic N) is 1. The summed E-state index contributed by atoms with van der Waals surface area (Å²) in [5.74, 6) is -0.526. The van der Waals surface area contributed by atoms with E-state index < -0.39 is 6.04 Å². The van der Waals surface area contributed by atoms with Crippen LogP contribution in [0.5, 0.6) is 0 Å². The van der Waals surface area contributed by atoms with Gasteiger partial charge in [0.1, 0.15) is 11.8 Å². The second kappa shape index (κ2) is 9.31. The number of hydrogen-bond acceptors (Lipinski definition) is 5. The van der Waals surface area contributed by atoms with Crippen LogP contribution in [0.15, 0.2) is 95.8 Å². The first-order valence-electron chi connectivity index (χ1n) is 10.3. The van der Waals surface area contributed by atoms with Gasteiger partial charge in [-0.2, -0.15) is 0 Å². The summed E-state index contributed by atoms with van der Waals surface area (Å²) in [5.41, 5.74) is 4.15. The third-order valence-electron chi connectivity index (χ3n) is 5.33. The van der Waals surface area contributed by atoms with Crippen molar-refractivity contribution in [1.29, 1.82) is 0 Å². The minimum atomic E-state index is -0.723. The topological polar surface area (TPSA) is 90.8 Å². The lowest BCUT2D eigenvalue weighted by Crippen LogP contribution is -2.44. The molecule has 1 aliphatic carbocycles. The van der Waals surface area contributed by atoms with Crippen LogP contribution in [-0.4, -0.2) is 28.7 Å². The maximum absolute atomic E-state index is 13.2. The number of oxime groups is 1. The van der Waals surface area contributed by atoms with E-state index in [4.69, 9.17) is 0 Å². The molecule has 1 aliphatic rings. The molecule has 0 spiro atoms. The van der Waals surface area contributed by atoms with E-state index in [9.17, 15) is 14.8 Å². The molecule has 0 radical (unpaired) electrons. The number of allylic oxidation sites excluding steroid dienone is 2. The summed E-state index contributed by atoms with van der Waals surface area (Å²) in [6, 6.07) is 23.3. The second-order valence-electron chi connectivity index (χ2n) is 7.66. The van der Waals surface area contributed by atoms with Gasteiger partial charge in [-0.3, -0.25) is 9.59 Å². The molecule has 3 aromatic rings. The molecule has 160 valence electrons. The average Bonchev–Trinajstić information content (AvgIpc) is 2.82. The van der Waals surface area contributed by atoms with Gasteiger partial charge in [0.25, 0.3) is 0 Å². The molecule has 0 aromatic heterocycles. The predicted molar refractivity (Wildman–Crippen MR) is 124 cm³/mol. The molecule has 6 nitrogen and oxygen atoms in total. The molecule has 0 aliphatic heterocycles. The number of carbonyl (C=O) groups excluding carboxylic acids is 2. The molecular formula is C26H23N3O3. The standard InChI is InChI=1S/C26H23N3O3/c1-17-11-13-19(14-12-17)27-26(31)24(15-18-7-3-2-4-8-18)28-23-16-22(29-32)20-9-5-6-10-21(20)25(23)30/h2-14,16,24,28,32H,15H2,1H3,(H,27,31)/b29-22-/t24-/m1/s1. The van der Waals surface area contributed by atoms with Crippen molar-refractivity contribution >= 4 is 23.1 Å². The fourth-order valence-corrected chi connectivity index (χ4v) is 3.63. The van der Waals surface area contributed by atoms with Crippen LogP contribution in [-0.2, 0) is 11.2 Å². The Labute approximate surface area is 186 Å². The summed E-state index contributed by atoms with van der Waals surface area (Å²) >= 11 is 0. The molecule has 3 N–H and O–H groups in total. The van der Waals surface area contributed by atoms with Crippen molar-refractivity contribution in [2.45, 2.75) is 19.4 Å². The number of amides is 1. The van der Waals surface area contributed by atoms with Gasteiger partial charge in [-0.15, -0.1) is 0 Å². The van der Waals surface area contributed by atoms with E-state index in [-0.39, 0.29) is 23.1 Å². The molecule has 0 bridgehead atoms. The molecule has 0 heterocycles. The molecule has 1 atom stereocenters. The van der Waals surface area contributed by atoms with Gasteiger partial charge in [-0.25, -0.2) is 0 Å². The molecule has 6 heteroatoms. The smallest absolute Gasteiger partial charge is 0.247 e.